The standard InChI is InChI=1S/C27H46O10/c1-24(2,3)20(28)34-16-15(14-32-13)33-19(37-23(31)27(10,11)12)18(36-22(30)26(7,8)9)17(16)35-21(29)25(4,5)6/h15-19H,14H2,1-13H3/t15-,16-,17+,18+,19-/m1/s1. The Morgan fingerprint density at radius 1 is 0.541 bits per heavy atom. The number of rotatable bonds is 6. The minimum Gasteiger partial charge on any atom is -0.455 e. The van der Waals surface area contributed by atoms with Crippen LogP contribution in [0.15, 0.2) is 0 Å². The third-order valence-corrected chi connectivity index (χ3v) is 5.32. The molecule has 0 aliphatic carbocycles. The van der Waals surface area contributed by atoms with Crippen LogP contribution < -0.4 is 0 Å². The largest absolute Gasteiger partial charge is 0.455 e. The quantitative estimate of drug-likeness (QED) is 0.370. The maximum Gasteiger partial charge on any atom is 0.313 e. The summed E-state index contributed by atoms with van der Waals surface area (Å²) in [6.07, 6.45) is -6.46. The van der Waals surface area contributed by atoms with Gasteiger partial charge in [0, 0.05) is 7.11 Å². The van der Waals surface area contributed by atoms with Crippen LogP contribution in [0.2, 0.25) is 0 Å². The second kappa shape index (κ2) is 11.7. The van der Waals surface area contributed by atoms with Crippen molar-refractivity contribution in [1.29, 1.82) is 0 Å². The highest BCUT2D eigenvalue weighted by Crippen LogP contribution is 2.35. The molecule has 1 rings (SSSR count). The lowest BCUT2D eigenvalue weighted by atomic mass is 9.93. The van der Waals surface area contributed by atoms with Crippen molar-refractivity contribution in [1.82, 2.24) is 0 Å². The SMILES string of the molecule is COC[C@H]1O[C@H](OC(=O)C(C)(C)C)[C@@H](OC(=O)C(C)(C)C)[C@@H](OC(=O)C(C)(C)C)[C@@H]1OC(=O)C(C)(C)C. The van der Waals surface area contributed by atoms with Crippen LogP contribution >= 0.6 is 0 Å². The molecule has 0 saturated carbocycles. The Kier molecular flexibility index (Phi) is 10.4. The first kappa shape index (κ1) is 32.8. The third kappa shape index (κ3) is 9.25. The Morgan fingerprint density at radius 2 is 0.865 bits per heavy atom. The lowest BCUT2D eigenvalue weighted by Gasteiger charge is -2.45. The molecular formula is C27H46O10. The van der Waals surface area contributed by atoms with Crippen molar-refractivity contribution in [2.75, 3.05) is 13.7 Å². The van der Waals surface area contributed by atoms with E-state index in [1.54, 1.807) is 83.1 Å². The van der Waals surface area contributed by atoms with Gasteiger partial charge in [-0.2, -0.15) is 0 Å². The molecule has 1 aliphatic rings. The summed E-state index contributed by atoms with van der Waals surface area (Å²) in [4.78, 5) is 51.8. The molecule has 0 aromatic carbocycles. The molecule has 0 radical (unpaired) electrons. The van der Waals surface area contributed by atoms with E-state index in [0.717, 1.165) is 0 Å². The Morgan fingerprint density at radius 3 is 1.22 bits per heavy atom. The summed E-state index contributed by atoms with van der Waals surface area (Å²) in [5, 5.41) is 0. The first-order valence-corrected chi connectivity index (χ1v) is 12.5. The van der Waals surface area contributed by atoms with Crippen molar-refractivity contribution in [3.05, 3.63) is 0 Å². The molecule has 0 bridgehead atoms. The molecule has 1 heterocycles. The van der Waals surface area contributed by atoms with E-state index in [9.17, 15) is 19.2 Å². The van der Waals surface area contributed by atoms with Gasteiger partial charge in [0.15, 0.2) is 12.2 Å². The highest BCUT2D eigenvalue weighted by molar-refractivity contribution is 5.78. The zero-order chi connectivity index (χ0) is 29.1. The molecule has 1 fully saturated rings. The van der Waals surface area contributed by atoms with Crippen LogP contribution in [-0.4, -0.2) is 68.3 Å². The fourth-order valence-electron chi connectivity index (χ4n) is 2.86. The molecule has 10 nitrogen and oxygen atoms in total. The number of hydrogen-bond acceptors (Lipinski definition) is 10. The molecule has 0 aromatic rings. The van der Waals surface area contributed by atoms with Gasteiger partial charge in [-0.15, -0.1) is 0 Å². The molecule has 214 valence electrons. The Bertz CT molecular complexity index is 835. The summed E-state index contributed by atoms with van der Waals surface area (Å²) in [7, 11) is 1.42. The molecule has 37 heavy (non-hydrogen) atoms. The molecule has 0 N–H and O–H groups in total. The molecule has 10 heteroatoms. The molecular weight excluding hydrogens is 484 g/mol. The molecule has 0 amide bonds. The zero-order valence-corrected chi connectivity index (χ0v) is 24.7. The highest BCUT2D eigenvalue weighted by atomic mass is 16.7. The summed E-state index contributed by atoms with van der Waals surface area (Å²) >= 11 is 0. The van der Waals surface area contributed by atoms with Crippen molar-refractivity contribution in [2.45, 2.75) is 114 Å². The Labute approximate surface area is 221 Å². The molecule has 1 aliphatic heterocycles. The Balaban J connectivity index is 3.69. The van der Waals surface area contributed by atoms with Gasteiger partial charge in [-0.25, -0.2) is 0 Å². The van der Waals surface area contributed by atoms with Gasteiger partial charge in [-0.1, -0.05) is 0 Å². The first-order chi connectivity index (χ1) is 16.5. The number of esters is 4. The van der Waals surface area contributed by atoms with E-state index in [2.05, 4.69) is 0 Å². The van der Waals surface area contributed by atoms with E-state index < -0.39 is 76.2 Å². The van der Waals surface area contributed by atoms with E-state index in [-0.39, 0.29) is 6.61 Å². The monoisotopic (exact) mass is 530 g/mol. The van der Waals surface area contributed by atoms with Crippen molar-refractivity contribution in [3.63, 3.8) is 0 Å². The van der Waals surface area contributed by atoms with Crippen LogP contribution in [0, 0.1) is 21.7 Å². The fourth-order valence-corrected chi connectivity index (χ4v) is 2.86. The highest BCUT2D eigenvalue weighted by Gasteiger charge is 2.55. The second-order valence-electron chi connectivity index (χ2n) is 13.5. The summed E-state index contributed by atoms with van der Waals surface area (Å²) in [6.45, 7) is 19.8. The second-order valence-corrected chi connectivity index (χ2v) is 13.5. The van der Waals surface area contributed by atoms with Crippen LogP contribution in [0.4, 0.5) is 0 Å². The van der Waals surface area contributed by atoms with Gasteiger partial charge >= 0.3 is 23.9 Å². The minimum absolute atomic E-state index is 0.0881. The van der Waals surface area contributed by atoms with Crippen LogP contribution in [0.5, 0.6) is 0 Å². The summed E-state index contributed by atoms with van der Waals surface area (Å²) in [5.74, 6) is -2.51. The summed E-state index contributed by atoms with van der Waals surface area (Å²) in [5.41, 5.74) is -3.70. The van der Waals surface area contributed by atoms with Gasteiger partial charge < -0.3 is 28.4 Å². The lowest BCUT2D eigenvalue weighted by Crippen LogP contribution is -2.64. The van der Waals surface area contributed by atoms with Crippen molar-refractivity contribution < 1.29 is 47.6 Å². The van der Waals surface area contributed by atoms with Gasteiger partial charge in [-0.05, 0) is 83.1 Å². The van der Waals surface area contributed by atoms with E-state index in [1.807, 2.05) is 0 Å². The van der Waals surface area contributed by atoms with Gasteiger partial charge in [-0.3, -0.25) is 19.2 Å². The van der Waals surface area contributed by atoms with E-state index in [0.29, 0.717) is 0 Å². The fraction of sp³-hybridized carbons (Fsp3) is 0.852. The lowest BCUT2D eigenvalue weighted by molar-refractivity contribution is -0.306. The number of hydrogen-bond donors (Lipinski definition) is 0. The topological polar surface area (TPSA) is 124 Å². The van der Waals surface area contributed by atoms with Crippen LogP contribution in [0.1, 0.15) is 83.1 Å². The maximum atomic E-state index is 13.1. The smallest absolute Gasteiger partial charge is 0.313 e. The van der Waals surface area contributed by atoms with Crippen molar-refractivity contribution in [2.24, 2.45) is 21.7 Å². The van der Waals surface area contributed by atoms with Crippen LogP contribution in [0.3, 0.4) is 0 Å². The van der Waals surface area contributed by atoms with Gasteiger partial charge in [0.2, 0.25) is 12.4 Å². The molecule has 1 saturated heterocycles. The first-order valence-electron chi connectivity index (χ1n) is 12.5. The average molecular weight is 531 g/mol. The third-order valence-electron chi connectivity index (χ3n) is 5.32. The Hall–Kier alpha value is -2.20. The van der Waals surface area contributed by atoms with E-state index in [4.69, 9.17) is 28.4 Å². The van der Waals surface area contributed by atoms with Crippen LogP contribution in [-0.2, 0) is 47.6 Å². The van der Waals surface area contributed by atoms with Gasteiger partial charge in [0.1, 0.15) is 6.10 Å². The molecule has 5 atom stereocenters. The minimum atomic E-state index is -1.46. The molecule has 0 aromatic heterocycles. The van der Waals surface area contributed by atoms with Gasteiger partial charge in [0.25, 0.3) is 0 Å². The number of carbonyl (C=O) groups is 4. The molecule has 0 unspecified atom stereocenters. The number of carbonyl (C=O) groups excluding carboxylic acids is 4. The summed E-state index contributed by atoms with van der Waals surface area (Å²) in [6, 6.07) is 0. The van der Waals surface area contributed by atoms with Gasteiger partial charge in [0.05, 0.1) is 28.3 Å². The average Bonchev–Trinajstić information content (AvgIpc) is 2.69. The number of ether oxygens (including phenoxy) is 6. The van der Waals surface area contributed by atoms with Crippen LogP contribution in [0.25, 0.3) is 0 Å². The maximum absolute atomic E-state index is 13.1. The zero-order valence-electron chi connectivity index (χ0n) is 24.7. The van der Waals surface area contributed by atoms with Crippen molar-refractivity contribution in [3.8, 4) is 0 Å². The predicted molar refractivity (Wildman–Crippen MR) is 134 cm³/mol. The van der Waals surface area contributed by atoms with E-state index in [1.165, 1.54) is 7.11 Å². The summed E-state index contributed by atoms with van der Waals surface area (Å²) < 4.78 is 34.4. The van der Waals surface area contributed by atoms with Crippen molar-refractivity contribution >= 4 is 23.9 Å². The molecule has 0 spiro atoms. The normalized spacial score (nSPS) is 25.2. The number of methoxy groups -OCH3 is 1. The van der Waals surface area contributed by atoms with E-state index >= 15 is 0 Å². The predicted octanol–water partition coefficient (Wildman–Crippen LogP) is 3.82.